The molecule has 1 atom stereocenters. The van der Waals surface area contributed by atoms with Gasteiger partial charge in [-0.15, -0.1) is 0 Å². The van der Waals surface area contributed by atoms with Crippen LogP contribution in [-0.4, -0.2) is 34.1 Å². The van der Waals surface area contributed by atoms with Crippen LogP contribution in [0.4, 0.5) is 0 Å². The predicted octanol–water partition coefficient (Wildman–Crippen LogP) is -1.05. The number of carboxylic acid groups (broad SMARTS) is 2. The van der Waals surface area contributed by atoms with Crippen LogP contribution >= 0.6 is 0 Å². The molecular weight excluding hydrogens is 192 g/mol. The molecule has 1 unspecified atom stereocenters. The van der Waals surface area contributed by atoms with E-state index in [1.165, 1.54) is 6.92 Å². The van der Waals surface area contributed by atoms with Crippen molar-refractivity contribution in [1.82, 2.24) is 10.9 Å². The molecule has 80 valence electrons. The van der Waals surface area contributed by atoms with Crippen molar-refractivity contribution >= 4 is 17.8 Å². The zero-order chi connectivity index (χ0) is 11.1. The molecule has 0 spiro atoms. The molecule has 0 rings (SSSR count). The molecule has 0 aliphatic rings. The molecule has 7 heteroatoms. The number of amides is 1. The molecule has 0 saturated carbocycles. The van der Waals surface area contributed by atoms with Gasteiger partial charge in [-0.05, 0) is 6.42 Å². The lowest BCUT2D eigenvalue weighted by Gasteiger charge is -2.12. The molecule has 0 aliphatic carbocycles. The third-order valence-electron chi connectivity index (χ3n) is 1.37. The Kier molecular flexibility index (Phi) is 5.23. The molecule has 1 amide bonds. The Morgan fingerprint density at radius 3 is 2.21 bits per heavy atom. The van der Waals surface area contributed by atoms with Gasteiger partial charge >= 0.3 is 11.9 Å². The third kappa shape index (κ3) is 5.95. The standard InChI is InChI=1S/C7H12N2O5/c1-4(10)8-9-5(7(13)14)2-3-6(11)12/h5,9H,2-3H2,1H3,(H,8,10)(H,11,12)(H,13,14). The van der Waals surface area contributed by atoms with Gasteiger partial charge in [-0.3, -0.25) is 19.8 Å². The van der Waals surface area contributed by atoms with Crippen molar-refractivity contribution in [3.63, 3.8) is 0 Å². The average molecular weight is 204 g/mol. The van der Waals surface area contributed by atoms with E-state index in [1.807, 2.05) is 0 Å². The Morgan fingerprint density at radius 2 is 1.86 bits per heavy atom. The average Bonchev–Trinajstić information content (AvgIpc) is 2.02. The molecule has 0 aromatic rings. The zero-order valence-corrected chi connectivity index (χ0v) is 7.61. The first-order chi connectivity index (χ1) is 6.43. The van der Waals surface area contributed by atoms with Crippen LogP contribution < -0.4 is 10.9 Å². The lowest BCUT2D eigenvalue weighted by atomic mass is 10.2. The van der Waals surface area contributed by atoms with Gasteiger partial charge in [-0.2, -0.15) is 0 Å². The highest BCUT2D eigenvalue weighted by Crippen LogP contribution is 1.96. The Morgan fingerprint density at radius 1 is 1.29 bits per heavy atom. The quantitative estimate of drug-likeness (QED) is 0.410. The highest BCUT2D eigenvalue weighted by Gasteiger charge is 2.18. The molecule has 0 radical (unpaired) electrons. The number of hydrazine groups is 1. The van der Waals surface area contributed by atoms with Gasteiger partial charge in [-0.1, -0.05) is 0 Å². The van der Waals surface area contributed by atoms with E-state index < -0.39 is 23.9 Å². The van der Waals surface area contributed by atoms with Crippen LogP contribution in [0.1, 0.15) is 19.8 Å². The van der Waals surface area contributed by atoms with Crippen LogP contribution in [0.2, 0.25) is 0 Å². The van der Waals surface area contributed by atoms with E-state index in [1.54, 1.807) is 0 Å². The summed E-state index contributed by atoms with van der Waals surface area (Å²) in [4.78, 5) is 31.1. The summed E-state index contributed by atoms with van der Waals surface area (Å²) in [7, 11) is 0. The monoisotopic (exact) mass is 204 g/mol. The summed E-state index contributed by atoms with van der Waals surface area (Å²) in [5, 5.41) is 16.9. The Balaban J connectivity index is 3.96. The van der Waals surface area contributed by atoms with Crippen molar-refractivity contribution in [3.05, 3.63) is 0 Å². The molecule has 14 heavy (non-hydrogen) atoms. The van der Waals surface area contributed by atoms with Gasteiger partial charge in [0.25, 0.3) is 0 Å². The Bertz CT molecular complexity index is 222. The van der Waals surface area contributed by atoms with Crippen molar-refractivity contribution in [2.45, 2.75) is 25.8 Å². The fraction of sp³-hybridized carbons (Fsp3) is 0.571. The number of hydrogen-bond acceptors (Lipinski definition) is 4. The Hall–Kier alpha value is -1.63. The third-order valence-corrected chi connectivity index (χ3v) is 1.37. The summed E-state index contributed by atoms with van der Waals surface area (Å²) in [5.41, 5.74) is 4.30. The van der Waals surface area contributed by atoms with Gasteiger partial charge < -0.3 is 10.2 Å². The number of carbonyl (C=O) groups excluding carboxylic acids is 1. The summed E-state index contributed by atoms with van der Waals surface area (Å²) < 4.78 is 0. The Labute approximate surface area is 80.1 Å². The minimum Gasteiger partial charge on any atom is -0.481 e. The largest absolute Gasteiger partial charge is 0.481 e. The first-order valence-corrected chi connectivity index (χ1v) is 3.90. The van der Waals surface area contributed by atoms with Gasteiger partial charge in [-0.25, -0.2) is 5.43 Å². The first kappa shape index (κ1) is 12.4. The van der Waals surface area contributed by atoms with Crippen LogP contribution in [0.3, 0.4) is 0 Å². The van der Waals surface area contributed by atoms with Crippen molar-refractivity contribution in [1.29, 1.82) is 0 Å². The summed E-state index contributed by atoms with van der Waals surface area (Å²) >= 11 is 0. The molecule has 0 aliphatic heterocycles. The fourth-order valence-electron chi connectivity index (χ4n) is 0.714. The number of carboxylic acids is 2. The topological polar surface area (TPSA) is 116 Å². The second-order valence-corrected chi connectivity index (χ2v) is 2.65. The maximum atomic E-state index is 10.5. The second-order valence-electron chi connectivity index (χ2n) is 2.65. The van der Waals surface area contributed by atoms with Gasteiger partial charge in [0.05, 0.1) is 0 Å². The fourth-order valence-corrected chi connectivity index (χ4v) is 0.714. The van der Waals surface area contributed by atoms with Gasteiger partial charge in [0, 0.05) is 13.3 Å². The number of carbonyl (C=O) groups is 3. The van der Waals surface area contributed by atoms with E-state index in [0.717, 1.165) is 0 Å². The van der Waals surface area contributed by atoms with Crippen LogP contribution in [-0.2, 0) is 14.4 Å². The molecule has 0 aromatic heterocycles. The molecule has 0 heterocycles. The lowest BCUT2D eigenvalue weighted by molar-refractivity contribution is -0.141. The van der Waals surface area contributed by atoms with Crippen LogP contribution in [0.5, 0.6) is 0 Å². The molecule has 0 saturated heterocycles. The van der Waals surface area contributed by atoms with Crippen molar-refractivity contribution in [2.24, 2.45) is 0 Å². The molecule has 0 aromatic carbocycles. The number of hydrogen-bond donors (Lipinski definition) is 4. The van der Waals surface area contributed by atoms with Crippen molar-refractivity contribution in [3.8, 4) is 0 Å². The van der Waals surface area contributed by atoms with Crippen LogP contribution in [0.25, 0.3) is 0 Å². The SMILES string of the molecule is CC(=O)NNC(CCC(=O)O)C(=O)O. The first-order valence-electron chi connectivity index (χ1n) is 3.90. The van der Waals surface area contributed by atoms with Crippen molar-refractivity contribution in [2.75, 3.05) is 0 Å². The lowest BCUT2D eigenvalue weighted by Crippen LogP contribution is -2.47. The van der Waals surface area contributed by atoms with E-state index in [-0.39, 0.29) is 12.8 Å². The number of nitrogens with one attached hydrogen (secondary N) is 2. The van der Waals surface area contributed by atoms with Gasteiger partial charge in [0.15, 0.2) is 0 Å². The highest BCUT2D eigenvalue weighted by atomic mass is 16.4. The molecule has 0 bridgehead atoms. The summed E-state index contributed by atoms with van der Waals surface area (Å²) in [6.45, 7) is 1.21. The second kappa shape index (κ2) is 5.92. The highest BCUT2D eigenvalue weighted by molar-refractivity contribution is 5.76. The number of rotatable bonds is 6. The van der Waals surface area contributed by atoms with Crippen LogP contribution in [0.15, 0.2) is 0 Å². The molecule has 0 fully saturated rings. The minimum absolute atomic E-state index is 0.0923. The maximum Gasteiger partial charge on any atom is 0.322 e. The molecule has 7 nitrogen and oxygen atoms in total. The van der Waals surface area contributed by atoms with E-state index >= 15 is 0 Å². The van der Waals surface area contributed by atoms with Gasteiger partial charge in [0.2, 0.25) is 5.91 Å². The van der Waals surface area contributed by atoms with E-state index in [4.69, 9.17) is 10.2 Å². The minimum atomic E-state index is -1.21. The van der Waals surface area contributed by atoms with Crippen molar-refractivity contribution < 1.29 is 24.6 Å². The number of aliphatic carboxylic acids is 2. The predicted molar refractivity (Wildman–Crippen MR) is 45.2 cm³/mol. The molecular formula is C7H12N2O5. The zero-order valence-electron chi connectivity index (χ0n) is 7.61. The smallest absolute Gasteiger partial charge is 0.322 e. The van der Waals surface area contributed by atoms with E-state index in [9.17, 15) is 14.4 Å². The summed E-state index contributed by atoms with van der Waals surface area (Å²) in [5.74, 6) is -2.73. The summed E-state index contributed by atoms with van der Waals surface area (Å²) in [6.07, 6.45) is -0.367. The van der Waals surface area contributed by atoms with Crippen LogP contribution in [0, 0.1) is 0 Å². The van der Waals surface area contributed by atoms with E-state index in [2.05, 4.69) is 10.9 Å². The molecule has 4 N–H and O–H groups in total. The normalized spacial score (nSPS) is 11.8. The van der Waals surface area contributed by atoms with Gasteiger partial charge in [0.1, 0.15) is 6.04 Å². The summed E-state index contributed by atoms with van der Waals surface area (Å²) in [6, 6.07) is -1.09. The maximum absolute atomic E-state index is 10.5. The van der Waals surface area contributed by atoms with E-state index in [0.29, 0.717) is 0 Å².